The van der Waals surface area contributed by atoms with E-state index in [-0.39, 0.29) is 23.9 Å². The van der Waals surface area contributed by atoms with Gasteiger partial charge in [0.1, 0.15) is 0 Å². The lowest BCUT2D eigenvalue weighted by molar-refractivity contribution is -0.125. The van der Waals surface area contributed by atoms with E-state index in [2.05, 4.69) is 58.6 Å². The van der Waals surface area contributed by atoms with Crippen LogP contribution in [0, 0.1) is 5.92 Å². The molecular weight excluding hydrogens is 412 g/mol. The Morgan fingerprint density at radius 1 is 1.12 bits per heavy atom. The number of hydrogen-bond donors (Lipinski definition) is 2. The van der Waals surface area contributed by atoms with E-state index in [1.807, 2.05) is 6.07 Å². The fraction of sp³-hybridized carbons (Fsp3) is 0.519. The highest BCUT2D eigenvalue weighted by Gasteiger charge is 2.32. The number of aromatic nitrogens is 1. The molecule has 0 spiro atoms. The summed E-state index contributed by atoms with van der Waals surface area (Å²) in [7, 11) is 0. The van der Waals surface area contributed by atoms with Crippen LogP contribution in [-0.4, -0.2) is 53.4 Å². The van der Waals surface area contributed by atoms with Crippen LogP contribution in [0.2, 0.25) is 0 Å². The van der Waals surface area contributed by atoms with E-state index in [9.17, 15) is 9.59 Å². The van der Waals surface area contributed by atoms with Gasteiger partial charge in [-0.05, 0) is 68.7 Å². The van der Waals surface area contributed by atoms with Gasteiger partial charge in [0.05, 0.1) is 11.6 Å². The lowest BCUT2D eigenvalue weighted by Gasteiger charge is -2.29. The van der Waals surface area contributed by atoms with E-state index in [0.717, 1.165) is 45.1 Å². The Labute approximate surface area is 198 Å². The molecule has 2 aromatic rings. The molecule has 1 aliphatic rings. The fourth-order valence-corrected chi connectivity index (χ4v) is 4.57. The van der Waals surface area contributed by atoms with Crippen LogP contribution in [0.5, 0.6) is 0 Å². The van der Waals surface area contributed by atoms with Crippen LogP contribution >= 0.6 is 0 Å². The summed E-state index contributed by atoms with van der Waals surface area (Å²) in [5, 5.41) is 6.32. The van der Waals surface area contributed by atoms with Gasteiger partial charge in [0.2, 0.25) is 5.91 Å². The summed E-state index contributed by atoms with van der Waals surface area (Å²) in [5.74, 6) is 0.463. The molecule has 2 heterocycles. The van der Waals surface area contributed by atoms with Gasteiger partial charge in [-0.1, -0.05) is 44.2 Å². The topological polar surface area (TPSA) is 74.3 Å². The molecule has 1 aromatic heterocycles. The molecular formula is C27H38N4O2. The van der Waals surface area contributed by atoms with Crippen molar-refractivity contribution in [1.29, 1.82) is 0 Å². The minimum atomic E-state index is -0.107. The maximum Gasteiger partial charge on any atom is 0.253 e. The highest BCUT2D eigenvalue weighted by Crippen LogP contribution is 2.19. The Kier molecular flexibility index (Phi) is 9.88. The number of hydrogen-bond acceptors (Lipinski definition) is 4. The minimum Gasteiger partial charge on any atom is -0.355 e. The van der Waals surface area contributed by atoms with Crippen LogP contribution in [0.15, 0.2) is 54.9 Å². The largest absolute Gasteiger partial charge is 0.355 e. The van der Waals surface area contributed by atoms with Crippen LogP contribution in [0.25, 0.3) is 0 Å². The van der Waals surface area contributed by atoms with Crippen LogP contribution in [0.3, 0.4) is 0 Å². The highest BCUT2D eigenvalue weighted by atomic mass is 16.2. The van der Waals surface area contributed by atoms with Crippen molar-refractivity contribution in [2.75, 3.05) is 19.6 Å². The predicted molar refractivity (Wildman–Crippen MR) is 132 cm³/mol. The molecule has 0 saturated carbocycles. The maximum absolute atomic E-state index is 12.9. The number of aryl methyl sites for hydroxylation is 1. The van der Waals surface area contributed by atoms with Crippen molar-refractivity contribution in [3.63, 3.8) is 0 Å². The van der Waals surface area contributed by atoms with Crippen molar-refractivity contribution < 1.29 is 9.59 Å². The van der Waals surface area contributed by atoms with E-state index in [4.69, 9.17) is 0 Å². The van der Waals surface area contributed by atoms with Gasteiger partial charge >= 0.3 is 0 Å². The number of amides is 2. The zero-order chi connectivity index (χ0) is 23.5. The molecule has 178 valence electrons. The van der Waals surface area contributed by atoms with Crippen molar-refractivity contribution in [3.05, 3.63) is 66.0 Å². The van der Waals surface area contributed by atoms with Gasteiger partial charge in [0.15, 0.2) is 0 Å². The normalized spacial score (nSPS) is 17.1. The second-order valence-corrected chi connectivity index (χ2v) is 9.43. The number of nitrogens with zero attached hydrogens (tertiary/aromatic N) is 2. The monoisotopic (exact) mass is 450 g/mol. The summed E-state index contributed by atoms with van der Waals surface area (Å²) in [6.07, 6.45) is 9.09. The summed E-state index contributed by atoms with van der Waals surface area (Å²) in [5.41, 5.74) is 1.91. The fourth-order valence-electron chi connectivity index (χ4n) is 4.57. The van der Waals surface area contributed by atoms with E-state index in [1.165, 1.54) is 5.56 Å². The lowest BCUT2D eigenvalue weighted by atomic mass is 10.0. The summed E-state index contributed by atoms with van der Waals surface area (Å²) in [6.45, 7) is 6.61. The Morgan fingerprint density at radius 3 is 2.67 bits per heavy atom. The molecule has 1 aliphatic heterocycles. The Hall–Kier alpha value is -2.73. The standard InChI is InChI=1S/C27H38N4O2/c1-21(2)18-24(30-26(32)23-13-8-15-28-19-23)20-31-17-9-14-25(31)27(33)29-16-7-6-12-22-10-4-3-5-11-22/h3-5,8,10-11,13,15,19,21,24-25H,6-7,9,12,14,16-18,20H2,1-2H3,(H,29,33)(H,30,32)/t24-,25+/m1/s1. The van der Waals surface area contributed by atoms with Gasteiger partial charge in [0.25, 0.3) is 5.91 Å². The summed E-state index contributed by atoms with van der Waals surface area (Å²) in [4.78, 5) is 31.9. The Morgan fingerprint density at radius 2 is 1.94 bits per heavy atom. The smallest absolute Gasteiger partial charge is 0.253 e. The number of carbonyl (C=O) groups excluding carboxylic acids is 2. The van der Waals surface area contributed by atoms with Gasteiger partial charge < -0.3 is 10.6 Å². The molecule has 2 N–H and O–H groups in total. The molecule has 0 radical (unpaired) electrons. The third-order valence-electron chi connectivity index (χ3n) is 6.17. The number of pyridine rings is 1. The molecule has 0 unspecified atom stereocenters. The number of likely N-dealkylation sites (tertiary alicyclic amines) is 1. The summed E-state index contributed by atoms with van der Waals surface area (Å²) >= 11 is 0. The van der Waals surface area contributed by atoms with Gasteiger partial charge in [-0.2, -0.15) is 0 Å². The number of nitrogens with one attached hydrogen (secondary N) is 2. The highest BCUT2D eigenvalue weighted by molar-refractivity contribution is 5.94. The first-order valence-electron chi connectivity index (χ1n) is 12.3. The molecule has 2 atom stereocenters. The van der Waals surface area contributed by atoms with Gasteiger partial charge in [-0.3, -0.25) is 19.5 Å². The first-order chi connectivity index (χ1) is 16.0. The average molecular weight is 451 g/mol. The van der Waals surface area contributed by atoms with Gasteiger partial charge in [-0.15, -0.1) is 0 Å². The first-order valence-corrected chi connectivity index (χ1v) is 12.3. The van der Waals surface area contributed by atoms with E-state index in [1.54, 1.807) is 24.5 Å². The van der Waals surface area contributed by atoms with Crippen molar-refractivity contribution in [2.24, 2.45) is 5.92 Å². The molecule has 3 rings (SSSR count). The second kappa shape index (κ2) is 13.1. The maximum atomic E-state index is 12.9. The molecule has 1 saturated heterocycles. The predicted octanol–water partition coefficient (Wildman–Crippen LogP) is 3.83. The Balaban J connectivity index is 1.47. The third-order valence-corrected chi connectivity index (χ3v) is 6.17. The average Bonchev–Trinajstić information content (AvgIpc) is 3.27. The molecule has 0 bridgehead atoms. The van der Waals surface area contributed by atoms with Gasteiger partial charge in [0, 0.05) is 31.5 Å². The van der Waals surface area contributed by atoms with Crippen molar-refractivity contribution in [3.8, 4) is 0 Å². The number of unbranched alkanes of at least 4 members (excludes halogenated alkanes) is 1. The zero-order valence-corrected chi connectivity index (χ0v) is 20.0. The van der Waals surface area contributed by atoms with E-state index in [0.29, 0.717) is 24.6 Å². The zero-order valence-electron chi connectivity index (χ0n) is 20.0. The molecule has 0 aliphatic carbocycles. The van der Waals surface area contributed by atoms with Crippen LogP contribution in [-0.2, 0) is 11.2 Å². The van der Waals surface area contributed by atoms with Crippen LogP contribution in [0.4, 0.5) is 0 Å². The molecule has 1 aromatic carbocycles. The Bertz CT molecular complexity index is 857. The van der Waals surface area contributed by atoms with Gasteiger partial charge in [-0.25, -0.2) is 0 Å². The van der Waals surface area contributed by atoms with Crippen molar-refractivity contribution >= 4 is 11.8 Å². The second-order valence-electron chi connectivity index (χ2n) is 9.43. The number of carbonyl (C=O) groups is 2. The number of rotatable bonds is 12. The first kappa shape index (κ1) is 24.9. The lowest BCUT2D eigenvalue weighted by Crippen LogP contribution is -2.50. The van der Waals surface area contributed by atoms with Crippen LogP contribution < -0.4 is 10.6 Å². The quantitative estimate of drug-likeness (QED) is 0.482. The van der Waals surface area contributed by atoms with Crippen molar-refractivity contribution in [2.45, 2.75) is 64.5 Å². The molecule has 6 nitrogen and oxygen atoms in total. The van der Waals surface area contributed by atoms with E-state index >= 15 is 0 Å². The molecule has 2 amide bonds. The number of benzene rings is 1. The molecule has 1 fully saturated rings. The SMILES string of the molecule is CC(C)C[C@H](CN1CCC[C@H]1C(=O)NCCCCc1ccccc1)NC(=O)c1cccnc1. The third kappa shape index (κ3) is 8.28. The molecule has 6 heteroatoms. The minimum absolute atomic E-state index is 0.00280. The molecule has 33 heavy (non-hydrogen) atoms. The van der Waals surface area contributed by atoms with E-state index < -0.39 is 0 Å². The summed E-state index contributed by atoms with van der Waals surface area (Å²) in [6, 6.07) is 13.9. The van der Waals surface area contributed by atoms with Crippen molar-refractivity contribution in [1.82, 2.24) is 20.5 Å². The summed E-state index contributed by atoms with van der Waals surface area (Å²) < 4.78 is 0. The van der Waals surface area contributed by atoms with Crippen LogP contribution in [0.1, 0.15) is 61.9 Å².